The smallest absolute Gasteiger partial charge is 0.314 e. The van der Waals surface area contributed by atoms with Gasteiger partial charge in [0.05, 0.1) is 12.5 Å². The van der Waals surface area contributed by atoms with Gasteiger partial charge in [0.25, 0.3) is 0 Å². The van der Waals surface area contributed by atoms with E-state index >= 15 is 0 Å². The summed E-state index contributed by atoms with van der Waals surface area (Å²) >= 11 is 0. The summed E-state index contributed by atoms with van der Waals surface area (Å²) in [6, 6.07) is -0.346. The zero-order valence-electron chi connectivity index (χ0n) is 9.36. The van der Waals surface area contributed by atoms with Crippen LogP contribution in [0.4, 0.5) is 4.79 Å². The van der Waals surface area contributed by atoms with Crippen molar-refractivity contribution in [1.29, 1.82) is 0 Å². The molecule has 2 amide bonds. The zero-order chi connectivity index (χ0) is 12.4. The summed E-state index contributed by atoms with van der Waals surface area (Å²) in [7, 11) is 1.40. The van der Waals surface area contributed by atoms with Crippen LogP contribution >= 0.6 is 0 Å². The molecule has 1 atom stereocenters. The first-order chi connectivity index (χ1) is 7.60. The van der Waals surface area contributed by atoms with Gasteiger partial charge in [0, 0.05) is 20.2 Å². The topological polar surface area (TPSA) is 114 Å². The van der Waals surface area contributed by atoms with Gasteiger partial charge in [0.1, 0.15) is 0 Å². The molecule has 0 aliphatic carbocycles. The number of amides is 2. The Bertz CT molecular complexity index is 223. The second kappa shape index (κ2) is 8.93. The monoisotopic (exact) mass is 233 g/mol. The standard InChI is InChI=1S/C9H19N3O4/c1-16-7(5-8(13)14)6-12-9(15)11-4-2-3-10/h7H,2-6,10H2,1H3,(H,13,14)(H2,11,12,15). The summed E-state index contributed by atoms with van der Waals surface area (Å²) in [6.45, 7) is 1.18. The molecule has 0 spiro atoms. The van der Waals surface area contributed by atoms with E-state index in [-0.39, 0.29) is 19.0 Å². The molecule has 5 N–H and O–H groups in total. The molecule has 0 fully saturated rings. The lowest BCUT2D eigenvalue weighted by molar-refractivity contribution is -0.139. The normalized spacial score (nSPS) is 11.9. The van der Waals surface area contributed by atoms with E-state index in [1.807, 2.05) is 0 Å². The third-order valence-electron chi connectivity index (χ3n) is 1.89. The van der Waals surface area contributed by atoms with Crippen LogP contribution in [0.1, 0.15) is 12.8 Å². The number of carbonyl (C=O) groups excluding carboxylic acids is 1. The van der Waals surface area contributed by atoms with E-state index in [9.17, 15) is 9.59 Å². The molecule has 0 bridgehead atoms. The predicted molar refractivity (Wildman–Crippen MR) is 58.1 cm³/mol. The third kappa shape index (κ3) is 8.01. The van der Waals surface area contributed by atoms with Crippen LogP contribution in [0, 0.1) is 0 Å². The van der Waals surface area contributed by atoms with Gasteiger partial charge >= 0.3 is 12.0 Å². The van der Waals surface area contributed by atoms with E-state index in [0.29, 0.717) is 19.5 Å². The highest BCUT2D eigenvalue weighted by molar-refractivity contribution is 5.74. The van der Waals surface area contributed by atoms with Crippen LogP contribution in [0.3, 0.4) is 0 Å². The summed E-state index contributed by atoms with van der Waals surface area (Å²) in [5.41, 5.74) is 5.26. The van der Waals surface area contributed by atoms with E-state index in [4.69, 9.17) is 15.6 Å². The lowest BCUT2D eigenvalue weighted by atomic mass is 10.2. The van der Waals surface area contributed by atoms with Crippen LogP contribution in [-0.4, -0.2) is 50.0 Å². The third-order valence-corrected chi connectivity index (χ3v) is 1.89. The lowest BCUT2D eigenvalue weighted by Crippen LogP contribution is -2.41. The molecule has 0 aromatic carbocycles. The second-order valence-corrected chi connectivity index (χ2v) is 3.23. The largest absolute Gasteiger partial charge is 0.481 e. The minimum absolute atomic E-state index is 0.139. The van der Waals surface area contributed by atoms with Crippen molar-refractivity contribution in [1.82, 2.24) is 10.6 Å². The second-order valence-electron chi connectivity index (χ2n) is 3.23. The molecule has 16 heavy (non-hydrogen) atoms. The van der Waals surface area contributed by atoms with Gasteiger partial charge in [-0.25, -0.2) is 4.79 Å². The van der Waals surface area contributed by atoms with Gasteiger partial charge in [0.15, 0.2) is 0 Å². The highest BCUT2D eigenvalue weighted by Crippen LogP contribution is 1.95. The summed E-state index contributed by atoms with van der Waals surface area (Å²) in [4.78, 5) is 21.6. The maximum absolute atomic E-state index is 11.2. The number of rotatable bonds is 8. The fraction of sp³-hybridized carbons (Fsp3) is 0.778. The number of nitrogens with one attached hydrogen (secondary N) is 2. The molecule has 7 heteroatoms. The van der Waals surface area contributed by atoms with Crippen molar-refractivity contribution in [3.05, 3.63) is 0 Å². The van der Waals surface area contributed by atoms with Gasteiger partial charge in [-0.1, -0.05) is 0 Å². The molecular formula is C9H19N3O4. The predicted octanol–water partition coefficient (Wildman–Crippen LogP) is -0.876. The van der Waals surface area contributed by atoms with Gasteiger partial charge < -0.3 is 26.2 Å². The van der Waals surface area contributed by atoms with Crippen LogP contribution in [0.25, 0.3) is 0 Å². The fourth-order valence-electron chi connectivity index (χ4n) is 1.01. The average Bonchev–Trinajstić information content (AvgIpc) is 2.24. The Hall–Kier alpha value is -1.34. The number of ether oxygens (including phenoxy) is 1. The first kappa shape index (κ1) is 14.7. The molecule has 0 saturated heterocycles. The van der Waals surface area contributed by atoms with E-state index < -0.39 is 12.1 Å². The fourth-order valence-corrected chi connectivity index (χ4v) is 1.01. The average molecular weight is 233 g/mol. The molecule has 0 aliphatic rings. The molecule has 94 valence electrons. The quantitative estimate of drug-likeness (QED) is 0.407. The van der Waals surface area contributed by atoms with Crippen molar-refractivity contribution >= 4 is 12.0 Å². The van der Waals surface area contributed by atoms with Crippen LogP contribution in [0.2, 0.25) is 0 Å². The summed E-state index contributed by atoms with van der Waals surface area (Å²) in [6.07, 6.45) is 0.0493. The molecule has 0 aliphatic heterocycles. The number of methoxy groups -OCH3 is 1. The number of hydrogen-bond donors (Lipinski definition) is 4. The van der Waals surface area contributed by atoms with E-state index in [1.165, 1.54) is 7.11 Å². The van der Waals surface area contributed by atoms with E-state index in [0.717, 1.165) is 0 Å². The van der Waals surface area contributed by atoms with Crippen LogP contribution in [0.15, 0.2) is 0 Å². The SMILES string of the molecule is COC(CNC(=O)NCCCN)CC(=O)O. The first-order valence-electron chi connectivity index (χ1n) is 5.06. The van der Waals surface area contributed by atoms with Crippen molar-refractivity contribution in [3.8, 4) is 0 Å². The van der Waals surface area contributed by atoms with Crippen molar-refractivity contribution in [2.75, 3.05) is 26.7 Å². The number of hydrogen-bond acceptors (Lipinski definition) is 4. The minimum atomic E-state index is -0.961. The highest BCUT2D eigenvalue weighted by atomic mass is 16.5. The van der Waals surface area contributed by atoms with Crippen LogP contribution in [0.5, 0.6) is 0 Å². The number of aliphatic carboxylic acids is 1. The van der Waals surface area contributed by atoms with Crippen molar-refractivity contribution in [3.63, 3.8) is 0 Å². The molecule has 0 radical (unpaired) electrons. The Kier molecular flexibility index (Phi) is 8.18. The molecule has 0 aromatic rings. The Morgan fingerprint density at radius 1 is 1.44 bits per heavy atom. The number of carboxylic acids is 1. The number of carbonyl (C=O) groups is 2. The van der Waals surface area contributed by atoms with Crippen molar-refractivity contribution < 1.29 is 19.4 Å². The lowest BCUT2D eigenvalue weighted by Gasteiger charge is -2.14. The minimum Gasteiger partial charge on any atom is -0.481 e. The molecule has 7 nitrogen and oxygen atoms in total. The maximum Gasteiger partial charge on any atom is 0.314 e. The number of nitrogens with two attached hydrogens (primary N) is 1. The van der Waals surface area contributed by atoms with Crippen LogP contribution in [-0.2, 0) is 9.53 Å². The Balaban J connectivity index is 3.66. The molecule has 1 unspecified atom stereocenters. The van der Waals surface area contributed by atoms with Gasteiger partial charge in [-0.3, -0.25) is 4.79 Å². The molecule has 0 heterocycles. The summed E-state index contributed by atoms with van der Waals surface area (Å²) in [5, 5.41) is 13.6. The first-order valence-corrected chi connectivity index (χ1v) is 5.06. The maximum atomic E-state index is 11.2. The van der Waals surface area contributed by atoms with E-state index in [1.54, 1.807) is 0 Å². The van der Waals surface area contributed by atoms with Gasteiger partial charge in [-0.15, -0.1) is 0 Å². The van der Waals surface area contributed by atoms with Crippen molar-refractivity contribution in [2.24, 2.45) is 5.73 Å². The van der Waals surface area contributed by atoms with Gasteiger partial charge in [-0.2, -0.15) is 0 Å². The Labute approximate surface area is 94.3 Å². The molecule has 0 aromatic heterocycles. The van der Waals surface area contributed by atoms with Gasteiger partial charge in [0.2, 0.25) is 0 Å². The van der Waals surface area contributed by atoms with Gasteiger partial charge in [-0.05, 0) is 13.0 Å². The summed E-state index contributed by atoms with van der Waals surface area (Å²) < 4.78 is 4.89. The van der Waals surface area contributed by atoms with Crippen molar-refractivity contribution in [2.45, 2.75) is 18.9 Å². The van der Waals surface area contributed by atoms with Crippen LogP contribution < -0.4 is 16.4 Å². The highest BCUT2D eigenvalue weighted by Gasteiger charge is 2.12. The zero-order valence-corrected chi connectivity index (χ0v) is 9.36. The Morgan fingerprint density at radius 2 is 2.12 bits per heavy atom. The number of urea groups is 1. The Morgan fingerprint density at radius 3 is 2.62 bits per heavy atom. The van der Waals surface area contributed by atoms with E-state index in [2.05, 4.69) is 10.6 Å². The molecular weight excluding hydrogens is 214 g/mol. The molecule has 0 rings (SSSR count). The molecule has 0 saturated carbocycles. The summed E-state index contributed by atoms with van der Waals surface area (Å²) in [5.74, 6) is -0.961. The number of carboxylic acid groups (broad SMARTS) is 1.